The van der Waals surface area contributed by atoms with Crippen molar-refractivity contribution >= 4 is 34.3 Å². The zero-order valence-electron chi connectivity index (χ0n) is 13.2. The maximum atomic E-state index is 13.9. The van der Waals surface area contributed by atoms with Gasteiger partial charge in [0.05, 0.1) is 11.9 Å². The third kappa shape index (κ3) is 2.96. The summed E-state index contributed by atoms with van der Waals surface area (Å²) < 4.78 is 15.2. The first-order valence-electron chi connectivity index (χ1n) is 7.40. The summed E-state index contributed by atoms with van der Waals surface area (Å²) in [5.74, 6) is -2.45. The summed E-state index contributed by atoms with van der Waals surface area (Å²) in [4.78, 5) is 24.3. The van der Waals surface area contributed by atoms with Crippen molar-refractivity contribution in [3.63, 3.8) is 0 Å². The molecule has 0 atom stereocenters. The van der Waals surface area contributed by atoms with Gasteiger partial charge in [0.1, 0.15) is 0 Å². The van der Waals surface area contributed by atoms with Crippen molar-refractivity contribution in [2.75, 3.05) is 0 Å². The van der Waals surface area contributed by atoms with Crippen molar-refractivity contribution in [1.82, 2.24) is 4.57 Å². The van der Waals surface area contributed by atoms with Crippen LogP contribution in [0.15, 0.2) is 36.4 Å². The number of phenolic OH excluding ortho intramolecular Hbond substituents is 1. The summed E-state index contributed by atoms with van der Waals surface area (Å²) >= 11 is 5.94. The van der Waals surface area contributed by atoms with Crippen LogP contribution in [0.4, 0.5) is 4.39 Å². The molecule has 3 aromatic rings. The molecule has 0 spiro atoms. The number of amides is 1. The first-order valence-corrected chi connectivity index (χ1v) is 7.78. The molecular weight excluding hydrogens is 347 g/mol. The maximum Gasteiger partial charge on any atom is 0.262 e. The molecule has 3 N–H and O–H groups in total. The third-order valence-electron chi connectivity index (χ3n) is 4.03. The molecule has 0 unspecified atom stereocenters. The Labute approximate surface area is 147 Å². The minimum atomic E-state index is -0.865. The highest BCUT2D eigenvalue weighted by atomic mass is 35.5. The van der Waals surface area contributed by atoms with Crippen LogP contribution >= 0.6 is 11.6 Å². The Morgan fingerprint density at radius 3 is 2.64 bits per heavy atom. The Balaban J connectivity index is 2.30. The molecule has 128 valence electrons. The van der Waals surface area contributed by atoms with Gasteiger partial charge < -0.3 is 10.8 Å². The van der Waals surface area contributed by atoms with Gasteiger partial charge in [-0.25, -0.2) is 4.39 Å². The number of aromatic nitrogens is 1. The van der Waals surface area contributed by atoms with Crippen molar-refractivity contribution in [2.45, 2.75) is 13.3 Å². The summed E-state index contributed by atoms with van der Waals surface area (Å²) in [6.07, 6.45) is -0.136. The molecule has 2 aromatic carbocycles. The van der Waals surface area contributed by atoms with Crippen LogP contribution in [0.1, 0.15) is 21.6 Å². The number of rotatable bonds is 3. The van der Waals surface area contributed by atoms with Crippen molar-refractivity contribution < 1.29 is 19.1 Å². The van der Waals surface area contributed by atoms with Crippen LogP contribution < -0.4 is 5.73 Å². The number of fused-ring (bicyclic) bond motifs is 1. The summed E-state index contributed by atoms with van der Waals surface area (Å²) in [5, 5.41) is 10.4. The minimum absolute atomic E-state index is 0.136. The fraction of sp³-hybridized carbons (Fsp3) is 0.111. The third-order valence-corrected chi connectivity index (χ3v) is 4.26. The number of carbonyl (C=O) groups is 2. The second kappa shape index (κ2) is 6.22. The quantitative estimate of drug-likeness (QED) is 0.752. The van der Waals surface area contributed by atoms with E-state index in [0.29, 0.717) is 27.2 Å². The van der Waals surface area contributed by atoms with Crippen LogP contribution in [0.3, 0.4) is 0 Å². The fourth-order valence-corrected chi connectivity index (χ4v) is 3.09. The lowest BCUT2D eigenvalue weighted by Crippen LogP contribution is -2.16. The minimum Gasteiger partial charge on any atom is -0.505 e. The van der Waals surface area contributed by atoms with Gasteiger partial charge in [0.15, 0.2) is 11.6 Å². The molecule has 0 bridgehead atoms. The van der Waals surface area contributed by atoms with E-state index in [1.807, 2.05) is 0 Å². The number of halogens is 2. The second-order valence-electron chi connectivity index (χ2n) is 5.68. The topological polar surface area (TPSA) is 85.3 Å². The highest BCUT2D eigenvalue weighted by Crippen LogP contribution is 2.32. The number of aromatic hydroxyl groups is 1. The van der Waals surface area contributed by atoms with Gasteiger partial charge in [0.2, 0.25) is 5.91 Å². The van der Waals surface area contributed by atoms with E-state index in [1.165, 1.54) is 16.7 Å². The molecule has 7 heteroatoms. The van der Waals surface area contributed by atoms with Gasteiger partial charge in [-0.05, 0) is 36.8 Å². The lowest BCUT2D eigenvalue weighted by atomic mass is 10.1. The Hall–Kier alpha value is -2.86. The molecule has 0 fully saturated rings. The molecule has 0 saturated carbocycles. The van der Waals surface area contributed by atoms with Crippen LogP contribution in [-0.4, -0.2) is 21.5 Å². The Morgan fingerprint density at radius 1 is 1.28 bits per heavy atom. The zero-order chi connectivity index (χ0) is 18.3. The normalized spacial score (nSPS) is 11.0. The molecule has 1 heterocycles. The van der Waals surface area contributed by atoms with Crippen molar-refractivity contribution in [1.29, 1.82) is 0 Å². The highest BCUT2D eigenvalue weighted by molar-refractivity contribution is 6.31. The van der Waals surface area contributed by atoms with Gasteiger partial charge in [0.25, 0.3) is 5.91 Å². The number of nitrogens with zero attached hydrogens (tertiary/aromatic N) is 1. The summed E-state index contributed by atoms with van der Waals surface area (Å²) in [5.41, 5.74) is 6.75. The van der Waals surface area contributed by atoms with Gasteiger partial charge in [-0.3, -0.25) is 14.2 Å². The number of primary amides is 1. The van der Waals surface area contributed by atoms with E-state index in [1.54, 1.807) is 25.1 Å². The summed E-state index contributed by atoms with van der Waals surface area (Å²) in [6, 6.07) is 8.61. The predicted molar refractivity (Wildman–Crippen MR) is 92.4 cm³/mol. The van der Waals surface area contributed by atoms with Gasteiger partial charge in [-0.15, -0.1) is 0 Å². The number of hydrogen-bond donors (Lipinski definition) is 2. The van der Waals surface area contributed by atoms with E-state index in [2.05, 4.69) is 0 Å². The Bertz CT molecular complexity index is 1030. The molecule has 0 aliphatic heterocycles. The highest BCUT2D eigenvalue weighted by Gasteiger charge is 2.22. The van der Waals surface area contributed by atoms with E-state index >= 15 is 0 Å². The van der Waals surface area contributed by atoms with E-state index < -0.39 is 23.4 Å². The number of benzene rings is 2. The molecule has 25 heavy (non-hydrogen) atoms. The molecular formula is C18H14ClFN2O3. The van der Waals surface area contributed by atoms with Gasteiger partial charge in [-0.1, -0.05) is 17.7 Å². The van der Waals surface area contributed by atoms with Gasteiger partial charge in [-0.2, -0.15) is 0 Å². The molecule has 1 amide bonds. The largest absolute Gasteiger partial charge is 0.505 e. The average molecular weight is 361 g/mol. The lowest BCUT2D eigenvalue weighted by Gasteiger charge is -2.08. The van der Waals surface area contributed by atoms with Crippen LogP contribution in [-0.2, 0) is 11.2 Å². The lowest BCUT2D eigenvalue weighted by molar-refractivity contribution is -0.117. The van der Waals surface area contributed by atoms with Crippen LogP contribution in [0, 0.1) is 12.7 Å². The Kier molecular flexibility index (Phi) is 4.22. The van der Waals surface area contributed by atoms with Crippen LogP contribution in [0.5, 0.6) is 5.75 Å². The predicted octanol–water partition coefficient (Wildman–Crippen LogP) is 3.16. The number of nitrogens with two attached hydrogens (primary N) is 1. The standard InChI is InChI=1S/C18H14ClFN2O3/c1-9-12(7-17(21)24)13-6-16(23)14(20)8-15(13)22(9)18(25)10-3-2-4-11(19)5-10/h2-6,8,23H,7H2,1H3,(H2,21,24). The molecule has 3 rings (SSSR count). The monoisotopic (exact) mass is 360 g/mol. The average Bonchev–Trinajstić information content (AvgIpc) is 2.79. The number of phenols is 1. The number of carbonyl (C=O) groups excluding carboxylic acids is 2. The SMILES string of the molecule is Cc1c(CC(N)=O)c2cc(O)c(F)cc2n1C(=O)c1cccc(Cl)c1. The van der Waals surface area contributed by atoms with Crippen molar-refractivity contribution in [3.05, 3.63) is 64.1 Å². The fourth-order valence-electron chi connectivity index (χ4n) is 2.90. The zero-order valence-corrected chi connectivity index (χ0v) is 14.0. The van der Waals surface area contributed by atoms with Crippen LogP contribution in [0.25, 0.3) is 10.9 Å². The molecule has 5 nitrogen and oxygen atoms in total. The molecule has 0 aliphatic rings. The Morgan fingerprint density at radius 2 is 2.00 bits per heavy atom. The molecule has 0 saturated heterocycles. The van der Waals surface area contributed by atoms with E-state index in [4.69, 9.17) is 17.3 Å². The summed E-state index contributed by atoms with van der Waals surface area (Å²) in [7, 11) is 0. The summed E-state index contributed by atoms with van der Waals surface area (Å²) in [6.45, 7) is 1.63. The first-order chi connectivity index (χ1) is 11.8. The van der Waals surface area contributed by atoms with E-state index in [0.717, 1.165) is 6.07 Å². The van der Waals surface area contributed by atoms with Gasteiger partial charge in [0, 0.05) is 27.7 Å². The van der Waals surface area contributed by atoms with Crippen molar-refractivity contribution in [2.24, 2.45) is 5.73 Å². The van der Waals surface area contributed by atoms with E-state index in [-0.39, 0.29) is 11.9 Å². The van der Waals surface area contributed by atoms with Crippen molar-refractivity contribution in [3.8, 4) is 5.75 Å². The molecule has 0 aliphatic carbocycles. The maximum absolute atomic E-state index is 13.9. The molecule has 1 aromatic heterocycles. The first kappa shape index (κ1) is 17.0. The number of hydrogen-bond acceptors (Lipinski definition) is 3. The molecule has 0 radical (unpaired) electrons. The van der Waals surface area contributed by atoms with Crippen LogP contribution in [0.2, 0.25) is 5.02 Å². The van der Waals surface area contributed by atoms with Gasteiger partial charge >= 0.3 is 0 Å². The second-order valence-corrected chi connectivity index (χ2v) is 6.12. The van der Waals surface area contributed by atoms with E-state index in [9.17, 15) is 19.1 Å². The smallest absolute Gasteiger partial charge is 0.262 e.